The highest BCUT2D eigenvalue weighted by Gasteiger charge is 2.18. The van der Waals surface area contributed by atoms with Crippen LogP contribution in [-0.2, 0) is 0 Å². The third-order valence-electron chi connectivity index (χ3n) is 3.02. The van der Waals surface area contributed by atoms with Crippen LogP contribution in [0.4, 0.5) is 0 Å². The lowest BCUT2D eigenvalue weighted by molar-refractivity contribution is 0.179. The number of benzene rings is 2. The highest BCUT2D eigenvalue weighted by molar-refractivity contribution is 9.10. The number of ether oxygens (including phenoxy) is 1. The molecule has 19 heavy (non-hydrogen) atoms. The molecule has 0 radical (unpaired) electrons. The quantitative estimate of drug-likeness (QED) is 0.915. The molecule has 0 spiro atoms. The third-order valence-corrected chi connectivity index (χ3v) is 3.55. The maximum absolute atomic E-state index is 6.09. The van der Waals surface area contributed by atoms with Crippen molar-refractivity contribution in [1.82, 2.24) is 0 Å². The lowest BCUT2D eigenvalue weighted by Crippen LogP contribution is -2.29. The summed E-state index contributed by atoms with van der Waals surface area (Å²) in [5.41, 5.74) is 8.27. The average Bonchev–Trinajstić information content (AvgIpc) is 2.39. The number of rotatable bonds is 4. The Balaban J connectivity index is 2.26. The molecule has 100 valence electrons. The Bertz CT molecular complexity index is 537. The van der Waals surface area contributed by atoms with Gasteiger partial charge in [-0.25, -0.2) is 0 Å². The van der Waals surface area contributed by atoms with Crippen LogP contribution in [-0.4, -0.2) is 6.04 Å². The zero-order valence-electron chi connectivity index (χ0n) is 11.1. The number of aryl methyl sites for hydroxylation is 1. The highest BCUT2D eigenvalue weighted by Crippen LogP contribution is 2.27. The van der Waals surface area contributed by atoms with Gasteiger partial charge in [-0.2, -0.15) is 0 Å². The summed E-state index contributed by atoms with van der Waals surface area (Å²) >= 11 is 3.44. The van der Waals surface area contributed by atoms with Crippen molar-refractivity contribution in [3.05, 3.63) is 64.1 Å². The molecule has 2 atom stereocenters. The fourth-order valence-electron chi connectivity index (χ4n) is 1.96. The number of hydrogen-bond donors (Lipinski definition) is 1. The summed E-state index contributed by atoms with van der Waals surface area (Å²) in [5.74, 6) is 0.882. The van der Waals surface area contributed by atoms with E-state index in [0.717, 1.165) is 21.3 Å². The van der Waals surface area contributed by atoms with E-state index in [4.69, 9.17) is 10.5 Å². The van der Waals surface area contributed by atoms with Gasteiger partial charge in [-0.05, 0) is 43.2 Å². The molecule has 0 bridgehead atoms. The largest absolute Gasteiger partial charge is 0.484 e. The Morgan fingerprint density at radius 2 is 1.68 bits per heavy atom. The van der Waals surface area contributed by atoms with Gasteiger partial charge in [-0.3, -0.25) is 0 Å². The van der Waals surface area contributed by atoms with Crippen molar-refractivity contribution in [2.75, 3.05) is 0 Å². The minimum atomic E-state index is -0.144. The van der Waals surface area contributed by atoms with Crippen LogP contribution in [0.3, 0.4) is 0 Å². The zero-order valence-corrected chi connectivity index (χ0v) is 12.7. The first-order valence-electron chi connectivity index (χ1n) is 6.31. The number of hydrogen-bond acceptors (Lipinski definition) is 2. The van der Waals surface area contributed by atoms with Gasteiger partial charge >= 0.3 is 0 Å². The minimum absolute atomic E-state index is 0.0826. The molecule has 0 saturated heterocycles. The van der Waals surface area contributed by atoms with E-state index in [1.54, 1.807) is 0 Å². The van der Waals surface area contributed by atoms with Crippen molar-refractivity contribution in [2.24, 2.45) is 5.73 Å². The molecule has 0 aliphatic carbocycles. The molecule has 2 rings (SSSR count). The van der Waals surface area contributed by atoms with E-state index in [1.165, 1.54) is 0 Å². The van der Waals surface area contributed by atoms with Gasteiger partial charge < -0.3 is 10.5 Å². The average molecular weight is 320 g/mol. The van der Waals surface area contributed by atoms with Gasteiger partial charge in [-0.15, -0.1) is 0 Å². The molecule has 3 heteroatoms. The summed E-state index contributed by atoms with van der Waals surface area (Å²) in [4.78, 5) is 0. The van der Waals surface area contributed by atoms with E-state index in [0.29, 0.717) is 0 Å². The molecule has 0 saturated carbocycles. The molecule has 0 heterocycles. The smallest absolute Gasteiger partial charge is 0.138 e. The Morgan fingerprint density at radius 1 is 1.05 bits per heavy atom. The normalized spacial score (nSPS) is 13.9. The van der Waals surface area contributed by atoms with Gasteiger partial charge in [0.15, 0.2) is 0 Å². The van der Waals surface area contributed by atoms with Crippen molar-refractivity contribution in [3.63, 3.8) is 0 Å². The molecule has 2 unspecified atom stereocenters. The summed E-state index contributed by atoms with van der Waals surface area (Å²) in [5, 5.41) is 0. The highest BCUT2D eigenvalue weighted by atomic mass is 79.9. The van der Waals surface area contributed by atoms with Gasteiger partial charge in [0, 0.05) is 10.5 Å². The van der Waals surface area contributed by atoms with Crippen LogP contribution in [0.5, 0.6) is 5.75 Å². The molecule has 2 aromatic rings. The maximum atomic E-state index is 6.09. The second kappa shape index (κ2) is 6.22. The van der Waals surface area contributed by atoms with Crippen molar-refractivity contribution in [2.45, 2.75) is 26.0 Å². The molecular weight excluding hydrogens is 302 g/mol. The molecular formula is C16H18BrNO. The molecule has 2 aromatic carbocycles. The van der Waals surface area contributed by atoms with Crippen LogP contribution < -0.4 is 10.5 Å². The lowest BCUT2D eigenvalue weighted by atomic mass is 10.0. The van der Waals surface area contributed by atoms with E-state index in [9.17, 15) is 0 Å². The van der Waals surface area contributed by atoms with Crippen LogP contribution in [0.2, 0.25) is 0 Å². The lowest BCUT2D eigenvalue weighted by Gasteiger charge is -2.24. The van der Waals surface area contributed by atoms with Gasteiger partial charge in [0.1, 0.15) is 11.9 Å². The number of halogens is 1. The number of nitrogens with two attached hydrogens (primary N) is 1. The second-order valence-electron chi connectivity index (χ2n) is 4.71. The SMILES string of the molecule is Cc1ccccc1OC(c1ccc(Br)cc1)C(C)N. The summed E-state index contributed by atoms with van der Waals surface area (Å²) < 4.78 is 7.14. The summed E-state index contributed by atoms with van der Waals surface area (Å²) in [6.45, 7) is 4.00. The van der Waals surface area contributed by atoms with Gasteiger partial charge in [0.25, 0.3) is 0 Å². The fraction of sp³-hybridized carbons (Fsp3) is 0.250. The van der Waals surface area contributed by atoms with E-state index in [1.807, 2.05) is 62.4 Å². The summed E-state index contributed by atoms with van der Waals surface area (Å²) in [7, 11) is 0. The van der Waals surface area contributed by atoms with Crippen LogP contribution >= 0.6 is 15.9 Å². The standard InChI is InChI=1S/C16H18BrNO/c1-11-5-3-4-6-15(11)19-16(12(2)18)13-7-9-14(17)10-8-13/h3-10,12,16H,18H2,1-2H3. The van der Waals surface area contributed by atoms with Gasteiger partial charge in [-0.1, -0.05) is 46.3 Å². The Morgan fingerprint density at radius 3 is 2.26 bits per heavy atom. The fourth-order valence-corrected chi connectivity index (χ4v) is 2.22. The predicted molar refractivity (Wildman–Crippen MR) is 82.3 cm³/mol. The zero-order chi connectivity index (χ0) is 13.8. The molecule has 0 aliphatic rings. The molecule has 2 nitrogen and oxygen atoms in total. The Hall–Kier alpha value is -1.32. The van der Waals surface area contributed by atoms with Crippen LogP contribution in [0.25, 0.3) is 0 Å². The first-order valence-corrected chi connectivity index (χ1v) is 7.10. The molecule has 0 aromatic heterocycles. The van der Waals surface area contributed by atoms with E-state index in [-0.39, 0.29) is 12.1 Å². The Labute approximate surface area is 122 Å². The van der Waals surface area contributed by atoms with E-state index >= 15 is 0 Å². The summed E-state index contributed by atoms with van der Waals surface area (Å²) in [6.07, 6.45) is -0.144. The molecule has 0 fully saturated rings. The monoisotopic (exact) mass is 319 g/mol. The maximum Gasteiger partial charge on any atom is 0.138 e. The topological polar surface area (TPSA) is 35.2 Å². The first kappa shape index (κ1) is 14.1. The molecule has 0 aliphatic heterocycles. The number of para-hydroxylation sites is 1. The third kappa shape index (κ3) is 3.58. The summed E-state index contributed by atoms with van der Waals surface area (Å²) in [6, 6.07) is 16.0. The predicted octanol–water partition coefficient (Wildman–Crippen LogP) is 4.22. The van der Waals surface area contributed by atoms with Crippen LogP contribution in [0.1, 0.15) is 24.2 Å². The Kier molecular flexibility index (Phi) is 4.61. The van der Waals surface area contributed by atoms with Crippen molar-refractivity contribution in [1.29, 1.82) is 0 Å². The van der Waals surface area contributed by atoms with Crippen LogP contribution in [0, 0.1) is 6.92 Å². The van der Waals surface area contributed by atoms with E-state index in [2.05, 4.69) is 15.9 Å². The first-order chi connectivity index (χ1) is 9.08. The van der Waals surface area contributed by atoms with Crippen molar-refractivity contribution < 1.29 is 4.74 Å². The van der Waals surface area contributed by atoms with Crippen LogP contribution in [0.15, 0.2) is 53.0 Å². The van der Waals surface area contributed by atoms with Gasteiger partial charge in [0.2, 0.25) is 0 Å². The molecule has 0 amide bonds. The van der Waals surface area contributed by atoms with E-state index < -0.39 is 0 Å². The molecule has 2 N–H and O–H groups in total. The minimum Gasteiger partial charge on any atom is -0.484 e. The van der Waals surface area contributed by atoms with Crippen molar-refractivity contribution >= 4 is 15.9 Å². The van der Waals surface area contributed by atoms with Gasteiger partial charge in [0.05, 0.1) is 0 Å². The second-order valence-corrected chi connectivity index (χ2v) is 5.63. The van der Waals surface area contributed by atoms with Crippen molar-refractivity contribution in [3.8, 4) is 5.75 Å².